The van der Waals surface area contributed by atoms with Crippen molar-refractivity contribution in [2.75, 3.05) is 18.5 Å². The molecule has 1 heterocycles. The minimum atomic E-state index is -0.570. The number of para-hydroxylation sites is 1. The fourth-order valence-electron chi connectivity index (χ4n) is 2.38. The van der Waals surface area contributed by atoms with E-state index in [0.29, 0.717) is 0 Å². The monoisotopic (exact) mass is 219 g/mol. The van der Waals surface area contributed by atoms with E-state index < -0.39 is 5.60 Å². The molecule has 1 aliphatic rings. The average Bonchev–Trinajstić information content (AvgIpc) is 2.57. The number of likely N-dealkylation sites (N-methyl/N-ethyl adjacent to an activating group) is 1. The highest BCUT2D eigenvalue weighted by atomic mass is 16.3. The SMILES string of the molecule is CN1CCc2cccc(CCC(C)(C)O)c21. The lowest BCUT2D eigenvalue weighted by molar-refractivity contribution is 0.0714. The van der Waals surface area contributed by atoms with Gasteiger partial charge in [-0.2, -0.15) is 0 Å². The number of aryl methyl sites for hydroxylation is 1. The van der Waals surface area contributed by atoms with Crippen LogP contribution in [0, 0.1) is 0 Å². The normalized spacial score (nSPS) is 15.4. The summed E-state index contributed by atoms with van der Waals surface area (Å²) in [5.74, 6) is 0. The zero-order valence-electron chi connectivity index (χ0n) is 10.5. The van der Waals surface area contributed by atoms with Crippen molar-refractivity contribution in [2.24, 2.45) is 0 Å². The molecule has 0 atom stereocenters. The smallest absolute Gasteiger partial charge is 0.0595 e. The summed E-state index contributed by atoms with van der Waals surface area (Å²) in [6.07, 6.45) is 2.93. The van der Waals surface area contributed by atoms with Crippen LogP contribution in [0.1, 0.15) is 31.4 Å². The third-order valence-electron chi connectivity index (χ3n) is 3.31. The van der Waals surface area contributed by atoms with Crippen molar-refractivity contribution in [3.05, 3.63) is 29.3 Å². The number of fused-ring (bicyclic) bond motifs is 1. The van der Waals surface area contributed by atoms with Crippen LogP contribution in [0.25, 0.3) is 0 Å². The highest BCUT2D eigenvalue weighted by molar-refractivity contribution is 5.62. The first-order chi connectivity index (χ1) is 7.47. The van der Waals surface area contributed by atoms with E-state index in [9.17, 15) is 5.11 Å². The first kappa shape index (κ1) is 11.5. The predicted octanol–water partition coefficient (Wildman–Crippen LogP) is 2.38. The highest BCUT2D eigenvalue weighted by Gasteiger charge is 2.20. The Balaban J connectivity index is 2.19. The van der Waals surface area contributed by atoms with Crippen LogP contribution in [0.15, 0.2) is 18.2 Å². The summed E-state index contributed by atoms with van der Waals surface area (Å²) in [5, 5.41) is 9.78. The molecule has 0 fully saturated rings. The summed E-state index contributed by atoms with van der Waals surface area (Å²) in [6.45, 7) is 4.87. The lowest BCUT2D eigenvalue weighted by Gasteiger charge is -2.20. The van der Waals surface area contributed by atoms with Crippen LogP contribution in [-0.2, 0) is 12.8 Å². The van der Waals surface area contributed by atoms with Gasteiger partial charge in [0.15, 0.2) is 0 Å². The molecule has 0 radical (unpaired) electrons. The first-order valence-electron chi connectivity index (χ1n) is 6.02. The van der Waals surface area contributed by atoms with E-state index in [1.807, 2.05) is 13.8 Å². The summed E-state index contributed by atoms with van der Waals surface area (Å²) < 4.78 is 0. The molecule has 1 N–H and O–H groups in total. The van der Waals surface area contributed by atoms with Crippen molar-refractivity contribution < 1.29 is 5.11 Å². The molecule has 0 bridgehead atoms. The molecule has 2 nitrogen and oxygen atoms in total. The van der Waals surface area contributed by atoms with E-state index in [2.05, 4.69) is 30.1 Å². The van der Waals surface area contributed by atoms with Gasteiger partial charge in [0.2, 0.25) is 0 Å². The number of hydrogen-bond donors (Lipinski definition) is 1. The summed E-state index contributed by atoms with van der Waals surface area (Å²) in [4.78, 5) is 2.33. The lowest BCUT2D eigenvalue weighted by atomic mass is 9.96. The summed E-state index contributed by atoms with van der Waals surface area (Å²) in [5.41, 5.74) is 3.65. The van der Waals surface area contributed by atoms with Gasteiger partial charge < -0.3 is 10.0 Å². The van der Waals surface area contributed by atoms with E-state index in [1.54, 1.807) is 0 Å². The summed E-state index contributed by atoms with van der Waals surface area (Å²) in [6, 6.07) is 6.54. The van der Waals surface area contributed by atoms with E-state index in [1.165, 1.54) is 16.8 Å². The van der Waals surface area contributed by atoms with Gasteiger partial charge in [0, 0.05) is 19.3 Å². The van der Waals surface area contributed by atoms with Gasteiger partial charge in [-0.25, -0.2) is 0 Å². The van der Waals surface area contributed by atoms with Crippen molar-refractivity contribution >= 4 is 5.69 Å². The molecule has 88 valence electrons. The van der Waals surface area contributed by atoms with Crippen LogP contribution in [-0.4, -0.2) is 24.3 Å². The molecule has 0 saturated carbocycles. The van der Waals surface area contributed by atoms with Gasteiger partial charge in [-0.15, -0.1) is 0 Å². The Morgan fingerprint density at radius 1 is 1.38 bits per heavy atom. The van der Waals surface area contributed by atoms with E-state index in [-0.39, 0.29) is 0 Å². The number of anilines is 1. The van der Waals surface area contributed by atoms with Crippen LogP contribution in [0.2, 0.25) is 0 Å². The Labute approximate surface area is 97.9 Å². The van der Waals surface area contributed by atoms with Gasteiger partial charge in [-0.3, -0.25) is 0 Å². The van der Waals surface area contributed by atoms with Crippen LogP contribution in [0.5, 0.6) is 0 Å². The standard InChI is InChI=1S/C14H21NO/c1-14(2,16)9-7-11-5-4-6-12-8-10-15(3)13(11)12/h4-6,16H,7-10H2,1-3H3. The Hall–Kier alpha value is -1.02. The van der Waals surface area contributed by atoms with E-state index in [4.69, 9.17) is 0 Å². The third kappa shape index (κ3) is 2.38. The molecule has 0 spiro atoms. The van der Waals surface area contributed by atoms with Gasteiger partial charge in [0.05, 0.1) is 5.60 Å². The van der Waals surface area contributed by atoms with Crippen molar-refractivity contribution in [1.29, 1.82) is 0 Å². The van der Waals surface area contributed by atoms with Gasteiger partial charge in [-0.1, -0.05) is 18.2 Å². The van der Waals surface area contributed by atoms with Gasteiger partial charge in [0.1, 0.15) is 0 Å². The molecule has 0 aromatic heterocycles. The number of rotatable bonds is 3. The molecular formula is C14H21NO. The van der Waals surface area contributed by atoms with Gasteiger partial charge in [0.25, 0.3) is 0 Å². The predicted molar refractivity (Wildman–Crippen MR) is 68.0 cm³/mol. The van der Waals surface area contributed by atoms with Crippen LogP contribution in [0.3, 0.4) is 0 Å². The number of benzene rings is 1. The number of nitrogens with zero attached hydrogens (tertiary/aromatic N) is 1. The zero-order valence-corrected chi connectivity index (χ0v) is 10.5. The largest absolute Gasteiger partial charge is 0.390 e. The first-order valence-corrected chi connectivity index (χ1v) is 6.02. The number of aliphatic hydroxyl groups is 1. The minimum absolute atomic E-state index is 0.570. The molecule has 0 amide bonds. The van der Waals surface area contributed by atoms with Crippen LogP contribution >= 0.6 is 0 Å². The summed E-state index contributed by atoms with van der Waals surface area (Å²) >= 11 is 0. The Morgan fingerprint density at radius 3 is 2.81 bits per heavy atom. The van der Waals surface area contributed by atoms with Crippen molar-refractivity contribution in [1.82, 2.24) is 0 Å². The topological polar surface area (TPSA) is 23.5 Å². The maximum atomic E-state index is 9.78. The second-order valence-electron chi connectivity index (χ2n) is 5.41. The molecule has 16 heavy (non-hydrogen) atoms. The Morgan fingerprint density at radius 2 is 2.12 bits per heavy atom. The molecule has 0 saturated heterocycles. The molecule has 1 aromatic rings. The maximum Gasteiger partial charge on any atom is 0.0595 e. The van der Waals surface area contributed by atoms with Crippen molar-refractivity contribution in [2.45, 2.75) is 38.7 Å². The van der Waals surface area contributed by atoms with Crippen molar-refractivity contribution in [3.8, 4) is 0 Å². The number of hydrogen-bond acceptors (Lipinski definition) is 2. The van der Waals surface area contributed by atoms with Crippen LogP contribution < -0.4 is 4.90 Å². The Bertz CT molecular complexity index is 379. The second kappa shape index (κ2) is 4.10. The van der Waals surface area contributed by atoms with Gasteiger partial charge in [-0.05, 0) is 44.2 Å². The summed E-state index contributed by atoms with van der Waals surface area (Å²) in [7, 11) is 2.15. The van der Waals surface area contributed by atoms with E-state index in [0.717, 1.165) is 25.8 Å². The molecule has 2 rings (SSSR count). The molecule has 0 aliphatic carbocycles. The minimum Gasteiger partial charge on any atom is -0.390 e. The average molecular weight is 219 g/mol. The van der Waals surface area contributed by atoms with Crippen molar-refractivity contribution in [3.63, 3.8) is 0 Å². The molecule has 1 aliphatic heterocycles. The molecule has 0 unspecified atom stereocenters. The molecule has 2 heteroatoms. The third-order valence-corrected chi connectivity index (χ3v) is 3.31. The Kier molecular flexibility index (Phi) is 2.94. The fraction of sp³-hybridized carbons (Fsp3) is 0.571. The lowest BCUT2D eigenvalue weighted by Crippen LogP contribution is -2.20. The quantitative estimate of drug-likeness (QED) is 0.843. The maximum absolute atomic E-state index is 9.78. The highest BCUT2D eigenvalue weighted by Crippen LogP contribution is 2.32. The molecular weight excluding hydrogens is 198 g/mol. The van der Waals surface area contributed by atoms with E-state index >= 15 is 0 Å². The second-order valence-corrected chi connectivity index (χ2v) is 5.41. The van der Waals surface area contributed by atoms with Gasteiger partial charge >= 0.3 is 0 Å². The van der Waals surface area contributed by atoms with Crippen LogP contribution in [0.4, 0.5) is 5.69 Å². The fourth-order valence-corrected chi connectivity index (χ4v) is 2.38. The zero-order chi connectivity index (χ0) is 11.8. The molecule has 1 aromatic carbocycles.